The van der Waals surface area contributed by atoms with E-state index in [1.54, 1.807) is 13.8 Å². The smallest absolute Gasteiger partial charge is 0.187 e. The molecule has 0 aromatic rings. The van der Waals surface area contributed by atoms with E-state index >= 15 is 0 Å². The van der Waals surface area contributed by atoms with Crippen molar-refractivity contribution in [1.82, 2.24) is 0 Å². The zero-order valence-electron chi connectivity index (χ0n) is 19.9. The molecule has 0 bridgehead atoms. The first kappa shape index (κ1) is 29.9. The summed E-state index contributed by atoms with van der Waals surface area (Å²) in [5, 5.41) is 101. The van der Waals surface area contributed by atoms with Gasteiger partial charge in [0.2, 0.25) is 0 Å². The van der Waals surface area contributed by atoms with Crippen LogP contribution in [-0.4, -0.2) is 163 Å². The molecule has 3 heterocycles. The molecule has 0 aromatic heterocycles. The SMILES string of the molecule is CC(C)C1OC(CO)C(OC2OC(CO)C(OC3OC(CO)C(O)C(O)C3O)C(O)C2O)C(O)C1O. The van der Waals surface area contributed by atoms with Gasteiger partial charge >= 0.3 is 0 Å². The molecule has 36 heavy (non-hydrogen) atoms. The first-order valence-corrected chi connectivity index (χ1v) is 11.8. The Hall–Kier alpha value is -0.600. The van der Waals surface area contributed by atoms with Gasteiger partial charge in [0.1, 0.15) is 73.2 Å². The predicted octanol–water partition coefficient (Wildman–Crippen LogP) is -5.87. The van der Waals surface area contributed by atoms with E-state index in [4.69, 9.17) is 23.7 Å². The van der Waals surface area contributed by atoms with Crippen LogP contribution in [0.3, 0.4) is 0 Å². The first-order chi connectivity index (χ1) is 17.0. The third-order valence-corrected chi connectivity index (χ3v) is 6.81. The van der Waals surface area contributed by atoms with Crippen LogP contribution in [0, 0.1) is 5.92 Å². The minimum absolute atomic E-state index is 0.206. The monoisotopic (exact) mass is 530 g/mol. The van der Waals surface area contributed by atoms with Gasteiger partial charge in [-0.15, -0.1) is 0 Å². The van der Waals surface area contributed by atoms with E-state index in [2.05, 4.69) is 0 Å². The zero-order chi connectivity index (χ0) is 26.9. The van der Waals surface area contributed by atoms with Crippen LogP contribution in [0.5, 0.6) is 0 Å². The van der Waals surface area contributed by atoms with E-state index in [-0.39, 0.29) is 5.92 Å². The minimum Gasteiger partial charge on any atom is -0.394 e. The van der Waals surface area contributed by atoms with Crippen LogP contribution in [0.15, 0.2) is 0 Å². The topological polar surface area (TPSA) is 248 Å². The molecule has 3 fully saturated rings. The molecule has 212 valence electrons. The van der Waals surface area contributed by atoms with Crippen molar-refractivity contribution >= 4 is 0 Å². The van der Waals surface area contributed by atoms with E-state index in [0.29, 0.717) is 0 Å². The van der Waals surface area contributed by atoms with Crippen LogP contribution in [0.2, 0.25) is 0 Å². The molecule has 3 saturated heterocycles. The Labute approximate surface area is 207 Å². The van der Waals surface area contributed by atoms with Crippen molar-refractivity contribution in [3.05, 3.63) is 0 Å². The second-order valence-corrected chi connectivity index (χ2v) is 9.65. The van der Waals surface area contributed by atoms with E-state index in [1.165, 1.54) is 0 Å². The number of ether oxygens (including phenoxy) is 5. The maximum absolute atomic E-state index is 10.7. The predicted molar refractivity (Wildman–Crippen MR) is 114 cm³/mol. The second kappa shape index (κ2) is 12.5. The van der Waals surface area contributed by atoms with Crippen molar-refractivity contribution in [1.29, 1.82) is 0 Å². The molecule has 15 nitrogen and oxygen atoms in total. The van der Waals surface area contributed by atoms with Gasteiger partial charge in [-0.25, -0.2) is 0 Å². The summed E-state index contributed by atoms with van der Waals surface area (Å²) in [6, 6.07) is 0. The molecule has 15 atom stereocenters. The molecule has 0 aromatic carbocycles. The fourth-order valence-electron chi connectivity index (χ4n) is 4.66. The van der Waals surface area contributed by atoms with Crippen molar-refractivity contribution < 1.29 is 74.7 Å². The molecular formula is C21H38O15. The van der Waals surface area contributed by atoms with Gasteiger partial charge in [-0.3, -0.25) is 0 Å². The van der Waals surface area contributed by atoms with Gasteiger partial charge < -0.3 is 74.7 Å². The maximum Gasteiger partial charge on any atom is 0.187 e. The van der Waals surface area contributed by atoms with E-state index in [0.717, 1.165) is 0 Å². The fraction of sp³-hybridized carbons (Fsp3) is 1.00. The third kappa shape index (κ3) is 5.85. The molecule has 0 amide bonds. The Balaban J connectivity index is 1.72. The molecule has 0 radical (unpaired) electrons. The van der Waals surface area contributed by atoms with Crippen LogP contribution in [0.4, 0.5) is 0 Å². The zero-order valence-corrected chi connectivity index (χ0v) is 19.9. The molecule has 0 spiro atoms. The van der Waals surface area contributed by atoms with E-state index in [1.807, 2.05) is 0 Å². The average molecular weight is 531 g/mol. The Morgan fingerprint density at radius 3 is 1.42 bits per heavy atom. The number of rotatable bonds is 8. The quantitative estimate of drug-likeness (QED) is 0.140. The summed E-state index contributed by atoms with van der Waals surface area (Å²) in [4.78, 5) is 0. The summed E-state index contributed by atoms with van der Waals surface area (Å²) in [6.07, 6.45) is -22.7. The summed E-state index contributed by atoms with van der Waals surface area (Å²) < 4.78 is 27.5. The maximum atomic E-state index is 10.7. The summed E-state index contributed by atoms with van der Waals surface area (Å²) in [6.45, 7) is 1.40. The Morgan fingerprint density at radius 1 is 0.528 bits per heavy atom. The third-order valence-electron chi connectivity index (χ3n) is 6.81. The summed E-state index contributed by atoms with van der Waals surface area (Å²) in [7, 11) is 0. The Kier molecular flexibility index (Phi) is 10.4. The lowest BCUT2D eigenvalue weighted by molar-refractivity contribution is -0.373. The average Bonchev–Trinajstić information content (AvgIpc) is 2.86. The molecule has 3 aliphatic heterocycles. The number of hydrogen-bond acceptors (Lipinski definition) is 15. The van der Waals surface area contributed by atoms with Crippen LogP contribution < -0.4 is 0 Å². The van der Waals surface area contributed by atoms with Crippen LogP contribution in [0.1, 0.15) is 13.8 Å². The van der Waals surface area contributed by atoms with Gasteiger partial charge in [0.25, 0.3) is 0 Å². The lowest BCUT2D eigenvalue weighted by Gasteiger charge is -2.48. The largest absolute Gasteiger partial charge is 0.394 e. The molecule has 15 unspecified atom stereocenters. The second-order valence-electron chi connectivity index (χ2n) is 9.65. The van der Waals surface area contributed by atoms with Crippen LogP contribution in [-0.2, 0) is 23.7 Å². The number of aliphatic hydroxyl groups is 10. The number of hydrogen-bond donors (Lipinski definition) is 10. The van der Waals surface area contributed by atoms with E-state index < -0.39 is 112 Å². The highest BCUT2D eigenvalue weighted by Crippen LogP contribution is 2.33. The van der Waals surface area contributed by atoms with Crippen LogP contribution >= 0.6 is 0 Å². The minimum atomic E-state index is -1.85. The van der Waals surface area contributed by atoms with Crippen molar-refractivity contribution in [2.24, 2.45) is 5.92 Å². The molecule has 0 saturated carbocycles. The van der Waals surface area contributed by atoms with Gasteiger partial charge in [0.05, 0.1) is 25.9 Å². The van der Waals surface area contributed by atoms with Gasteiger partial charge in [-0.1, -0.05) is 13.8 Å². The fourth-order valence-corrected chi connectivity index (χ4v) is 4.66. The Morgan fingerprint density at radius 2 is 0.944 bits per heavy atom. The number of aliphatic hydroxyl groups excluding tert-OH is 10. The normalized spacial score (nSPS) is 50.4. The summed E-state index contributed by atoms with van der Waals surface area (Å²) >= 11 is 0. The summed E-state index contributed by atoms with van der Waals surface area (Å²) in [5.41, 5.74) is 0. The summed E-state index contributed by atoms with van der Waals surface area (Å²) in [5.74, 6) is -0.206. The molecule has 0 aliphatic carbocycles. The molecule has 10 N–H and O–H groups in total. The van der Waals surface area contributed by atoms with Gasteiger partial charge in [0.15, 0.2) is 12.6 Å². The lowest BCUT2D eigenvalue weighted by atomic mass is 9.89. The highest BCUT2D eigenvalue weighted by Gasteiger charge is 2.53. The molecular weight excluding hydrogens is 492 g/mol. The highest BCUT2D eigenvalue weighted by atomic mass is 16.7. The Bertz CT molecular complexity index is 678. The van der Waals surface area contributed by atoms with Gasteiger partial charge in [-0.2, -0.15) is 0 Å². The molecule has 3 rings (SSSR count). The van der Waals surface area contributed by atoms with Gasteiger partial charge in [0, 0.05) is 0 Å². The van der Waals surface area contributed by atoms with Crippen molar-refractivity contribution in [3.63, 3.8) is 0 Å². The van der Waals surface area contributed by atoms with Crippen molar-refractivity contribution in [2.75, 3.05) is 19.8 Å². The molecule has 15 heteroatoms. The van der Waals surface area contributed by atoms with Gasteiger partial charge in [-0.05, 0) is 5.92 Å². The van der Waals surface area contributed by atoms with Crippen molar-refractivity contribution in [3.8, 4) is 0 Å². The first-order valence-electron chi connectivity index (χ1n) is 11.8. The van der Waals surface area contributed by atoms with Crippen LogP contribution in [0.25, 0.3) is 0 Å². The highest BCUT2D eigenvalue weighted by molar-refractivity contribution is 4.97. The lowest BCUT2D eigenvalue weighted by Crippen LogP contribution is -2.66. The molecule has 3 aliphatic rings. The van der Waals surface area contributed by atoms with Crippen molar-refractivity contribution in [2.45, 2.75) is 106 Å². The standard InChI is InChI=1S/C21H38O15/c1-6(2)17-12(27)13(28)18(8(4-23)32-17)35-21-16(31)14(29)19(9(5-24)34-21)36-20-15(30)11(26)10(25)7(3-22)33-20/h6-31H,3-5H2,1-2H3. The van der Waals surface area contributed by atoms with E-state index in [9.17, 15) is 51.1 Å².